The van der Waals surface area contributed by atoms with Crippen LogP contribution < -0.4 is 19.8 Å². The normalized spacial score (nSPS) is 14.2. The van der Waals surface area contributed by atoms with Crippen LogP contribution in [-0.4, -0.2) is 49.8 Å². The van der Waals surface area contributed by atoms with Gasteiger partial charge in [0.05, 0.1) is 38.4 Å². The lowest BCUT2D eigenvalue weighted by atomic mass is 9.88. The number of fused-ring (bicyclic) bond motifs is 1. The molecule has 1 saturated carbocycles. The first-order chi connectivity index (χ1) is 17.4. The van der Waals surface area contributed by atoms with E-state index in [0.29, 0.717) is 33.8 Å². The van der Waals surface area contributed by atoms with Gasteiger partial charge >= 0.3 is 5.97 Å². The fraction of sp³-hybridized carbons (Fsp3) is 0.385. The maximum Gasteiger partial charge on any atom is 0.343 e. The average Bonchev–Trinajstić information content (AvgIpc) is 2.91. The molecule has 0 radical (unpaired) electrons. The quantitative estimate of drug-likeness (QED) is 0.293. The van der Waals surface area contributed by atoms with Crippen LogP contribution in [0.2, 0.25) is 0 Å². The van der Waals surface area contributed by atoms with Gasteiger partial charge < -0.3 is 18.9 Å². The van der Waals surface area contributed by atoms with Gasteiger partial charge in [-0.05, 0) is 43.2 Å². The van der Waals surface area contributed by atoms with Gasteiger partial charge in [-0.1, -0.05) is 35.2 Å². The molecule has 190 valence electrons. The number of carbonyl (C=O) groups is 1. The van der Waals surface area contributed by atoms with Gasteiger partial charge in [0.25, 0.3) is 5.56 Å². The summed E-state index contributed by atoms with van der Waals surface area (Å²) in [6.07, 6.45) is 6.90. The highest BCUT2D eigenvalue weighted by Crippen LogP contribution is 2.38. The molecule has 4 rings (SSSR count). The first-order valence-corrected chi connectivity index (χ1v) is 12.5. The number of esters is 1. The monoisotopic (exact) mass is 557 g/mol. The zero-order valence-electron chi connectivity index (χ0n) is 20.5. The van der Waals surface area contributed by atoms with E-state index in [1.807, 2.05) is 12.1 Å². The first-order valence-electron chi connectivity index (χ1n) is 11.7. The van der Waals surface area contributed by atoms with Crippen molar-refractivity contribution >= 4 is 39.0 Å². The Kier molecular flexibility index (Phi) is 8.25. The number of aromatic nitrogens is 2. The molecule has 1 aliphatic rings. The summed E-state index contributed by atoms with van der Waals surface area (Å²) in [5.74, 6) is 1.26. The van der Waals surface area contributed by atoms with E-state index in [-0.39, 0.29) is 23.8 Å². The maximum atomic E-state index is 13.5. The lowest BCUT2D eigenvalue weighted by Gasteiger charge is -2.22. The van der Waals surface area contributed by atoms with Crippen LogP contribution in [0.15, 0.2) is 44.7 Å². The second kappa shape index (κ2) is 11.6. The maximum absolute atomic E-state index is 13.5. The standard InChI is InChI=1S/C26H28BrN3O6/c1-33-21-11-16(12-22(34-2)24(21)36-15-23(31)35-3)14-28-30-25(17-7-5-4-6-8-17)29-20-10-9-18(27)13-19(20)26(30)32/h9-14,17H,4-8,15H2,1-3H3. The number of hydrogen-bond acceptors (Lipinski definition) is 8. The van der Waals surface area contributed by atoms with Crippen LogP contribution in [0.4, 0.5) is 0 Å². The minimum atomic E-state index is -0.533. The molecule has 0 atom stereocenters. The summed E-state index contributed by atoms with van der Waals surface area (Å²) in [7, 11) is 4.25. The molecule has 1 heterocycles. The number of rotatable bonds is 8. The third-order valence-electron chi connectivity index (χ3n) is 6.17. The first kappa shape index (κ1) is 25.7. The van der Waals surface area contributed by atoms with Crippen molar-refractivity contribution in [3.63, 3.8) is 0 Å². The van der Waals surface area contributed by atoms with Crippen molar-refractivity contribution in [3.8, 4) is 17.2 Å². The van der Waals surface area contributed by atoms with Crippen molar-refractivity contribution in [2.24, 2.45) is 5.10 Å². The number of ether oxygens (including phenoxy) is 4. The number of nitrogens with zero attached hydrogens (tertiary/aromatic N) is 3. The number of hydrogen-bond donors (Lipinski definition) is 0. The van der Waals surface area contributed by atoms with Crippen LogP contribution in [0.25, 0.3) is 10.9 Å². The van der Waals surface area contributed by atoms with Crippen molar-refractivity contribution in [2.45, 2.75) is 38.0 Å². The minimum Gasteiger partial charge on any atom is -0.493 e. The largest absolute Gasteiger partial charge is 0.493 e. The lowest BCUT2D eigenvalue weighted by Crippen LogP contribution is -2.25. The molecule has 1 aromatic heterocycles. The summed E-state index contributed by atoms with van der Waals surface area (Å²) in [6, 6.07) is 8.88. The Hall–Kier alpha value is -3.40. The van der Waals surface area contributed by atoms with E-state index in [0.717, 1.165) is 30.2 Å². The molecule has 0 saturated heterocycles. The highest BCUT2D eigenvalue weighted by molar-refractivity contribution is 9.10. The van der Waals surface area contributed by atoms with Crippen molar-refractivity contribution in [1.29, 1.82) is 0 Å². The molecule has 10 heteroatoms. The van der Waals surface area contributed by atoms with Gasteiger partial charge in [0.1, 0.15) is 5.82 Å². The molecule has 36 heavy (non-hydrogen) atoms. The van der Waals surface area contributed by atoms with E-state index in [2.05, 4.69) is 25.8 Å². The van der Waals surface area contributed by atoms with Gasteiger partial charge in [-0.25, -0.2) is 9.78 Å². The molecular weight excluding hydrogens is 530 g/mol. The second-order valence-electron chi connectivity index (χ2n) is 8.45. The summed E-state index contributed by atoms with van der Waals surface area (Å²) >= 11 is 3.44. The van der Waals surface area contributed by atoms with E-state index in [1.54, 1.807) is 24.4 Å². The van der Waals surface area contributed by atoms with Gasteiger partial charge in [-0.3, -0.25) is 4.79 Å². The highest BCUT2D eigenvalue weighted by atomic mass is 79.9. The van der Waals surface area contributed by atoms with E-state index in [1.165, 1.54) is 32.4 Å². The Morgan fingerprint density at radius 3 is 2.44 bits per heavy atom. The van der Waals surface area contributed by atoms with Crippen LogP contribution >= 0.6 is 15.9 Å². The molecule has 0 unspecified atom stereocenters. The Labute approximate surface area is 217 Å². The molecule has 0 spiro atoms. The molecule has 2 aromatic carbocycles. The van der Waals surface area contributed by atoms with Gasteiger partial charge in [-0.15, -0.1) is 0 Å². The van der Waals surface area contributed by atoms with E-state index in [9.17, 15) is 9.59 Å². The minimum absolute atomic E-state index is 0.162. The fourth-order valence-corrected chi connectivity index (χ4v) is 4.70. The zero-order valence-corrected chi connectivity index (χ0v) is 22.0. The average molecular weight is 558 g/mol. The molecule has 0 aliphatic heterocycles. The molecule has 9 nitrogen and oxygen atoms in total. The summed E-state index contributed by atoms with van der Waals surface area (Å²) < 4.78 is 23.3. The van der Waals surface area contributed by atoms with Crippen molar-refractivity contribution in [3.05, 3.63) is 56.5 Å². The van der Waals surface area contributed by atoms with E-state index >= 15 is 0 Å². The van der Waals surface area contributed by atoms with Crippen molar-refractivity contribution in [1.82, 2.24) is 9.66 Å². The molecule has 1 aliphatic carbocycles. The topological polar surface area (TPSA) is 101 Å². The van der Waals surface area contributed by atoms with Gasteiger partial charge in [0, 0.05) is 16.0 Å². The van der Waals surface area contributed by atoms with Gasteiger partial charge in [0.2, 0.25) is 5.75 Å². The Morgan fingerprint density at radius 1 is 1.11 bits per heavy atom. The molecule has 0 bridgehead atoms. The second-order valence-corrected chi connectivity index (χ2v) is 9.36. The molecule has 3 aromatic rings. The Morgan fingerprint density at radius 2 is 1.81 bits per heavy atom. The Bertz CT molecular complexity index is 1320. The SMILES string of the molecule is COC(=O)COc1c(OC)cc(C=Nn2c(C3CCCCC3)nc3ccc(Br)cc3c2=O)cc1OC. The summed E-state index contributed by atoms with van der Waals surface area (Å²) in [5.41, 5.74) is 1.05. The molecule has 1 fully saturated rings. The summed E-state index contributed by atoms with van der Waals surface area (Å²) in [6.45, 7) is -0.297. The van der Waals surface area contributed by atoms with Gasteiger partial charge in [0.15, 0.2) is 18.1 Å². The molecule has 0 N–H and O–H groups in total. The lowest BCUT2D eigenvalue weighted by molar-refractivity contribution is -0.142. The number of carbonyl (C=O) groups excluding carboxylic acids is 1. The fourth-order valence-electron chi connectivity index (χ4n) is 4.33. The van der Waals surface area contributed by atoms with Crippen LogP contribution in [0, 0.1) is 0 Å². The van der Waals surface area contributed by atoms with Crippen LogP contribution in [0.1, 0.15) is 49.4 Å². The molecular formula is C26H28BrN3O6. The van der Waals surface area contributed by atoms with Crippen LogP contribution in [0.5, 0.6) is 17.2 Å². The summed E-state index contributed by atoms with van der Waals surface area (Å²) in [5, 5.41) is 5.06. The smallest absolute Gasteiger partial charge is 0.343 e. The van der Waals surface area contributed by atoms with Crippen LogP contribution in [0.3, 0.4) is 0 Å². The number of benzene rings is 2. The van der Waals surface area contributed by atoms with E-state index in [4.69, 9.17) is 19.2 Å². The van der Waals surface area contributed by atoms with Crippen LogP contribution in [-0.2, 0) is 9.53 Å². The van der Waals surface area contributed by atoms with Crippen molar-refractivity contribution < 1.29 is 23.7 Å². The predicted molar refractivity (Wildman–Crippen MR) is 140 cm³/mol. The Balaban J connectivity index is 1.77. The number of methoxy groups -OCH3 is 3. The number of halogens is 1. The summed E-state index contributed by atoms with van der Waals surface area (Å²) in [4.78, 5) is 29.9. The van der Waals surface area contributed by atoms with Gasteiger partial charge in [-0.2, -0.15) is 9.78 Å². The third kappa shape index (κ3) is 5.53. The molecule has 0 amide bonds. The third-order valence-corrected chi connectivity index (χ3v) is 6.66. The zero-order chi connectivity index (χ0) is 25.7. The van der Waals surface area contributed by atoms with Crippen molar-refractivity contribution in [2.75, 3.05) is 27.9 Å². The highest BCUT2D eigenvalue weighted by Gasteiger charge is 2.23. The van der Waals surface area contributed by atoms with E-state index < -0.39 is 5.97 Å². The predicted octanol–water partition coefficient (Wildman–Crippen LogP) is 4.66.